The zero-order chi connectivity index (χ0) is 13.9. The Kier molecular flexibility index (Phi) is 3.09. The molecule has 0 atom stereocenters. The molecule has 0 saturated carbocycles. The molecule has 0 fully saturated rings. The normalized spacial score (nSPS) is 10.6. The smallest absolute Gasteiger partial charge is 0.230 e. The lowest BCUT2D eigenvalue weighted by molar-refractivity contribution is -0.115. The summed E-state index contributed by atoms with van der Waals surface area (Å²) in [6.07, 6.45) is 0.293. The van der Waals surface area contributed by atoms with Crippen LogP contribution < -0.4 is 11.1 Å². The molecule has 0 saturated heterocycles. The molecule has 1 heterocycles. The third-order valence-electron chi connectivity index (χ3n) is 3.07. The Morgan fingerprint density at radius 3 is 2.70 bits per heavy atom. The van der Waals surface area contributed by atoms with Gasteiger partial charge in [-0.1, -0.05) is 24.3 Å². The molecule has 5 heteroatoms. The lowest BCUT2D eigenvalue weighted by Gasteiger charge is -2.03. The lowest BCUT2D eigenvalue weighted by Crippen LogP contribution is -2.14. The van der Waals surface area contributed by atoms with Gasteiger partial charge >= 0.3 is 0 Å². The highest BCUT2D eigenvalue weighted by Crippen LogP contribution is 2.19. The van der Waals surface area contributed by atoms with Crippen molar-refractivity contribution < 1.29 is 4.79 Å². The molecule has 0 radical (unpaired) electrons. The van der Waals surface area contributed by atoms with Gasteiger partial charge in [0.25, 0.3) is 0 Å². The van der Waals surface area contributed by atoms with E-state index in [9.17, 15) is 4.79 Å². The van der Waals surface area contributed by atoms with E-state index in [1.165, 1.54) is 0 Å². The van der Waals surface area contributed by atoms with Crippen LogP contribution in [-0.4, -0.2) is 16.1 Å². The second-order valence-electron chi connectivity index (χ2n) is 4.58. The van der Waals surface area contributed by atoms with Crippen molar-refractivity contribution in [2.24, 2.45) is 0 Å². The van der Waals surface area contributed by atoms with Crippen LogP contribution in [0.15, 0.2) is 48.5 Å². The molecule has 4 N–H and O–H groups in total. The molecule has 0 aliphatic carbocycles. The third-order valence-corrected chi connectivity index (χ3v) is 3.07. The van der Waals surface area contributed by atoms with Gasteiger partial charge in [0.05, 0.1) is 11.9 Å². The number of benzene rings is 2. The van der Waals surface area contributed by atoms with Crippen molar-refractivity contribution in [1.82, 2.24) is 10.2 Å². The van der Waals surface area contributed by atoms with Gasteiger partial charge < -0.3 is 11.1 Å². The average Bonchev–Trinajstić information content (AvgIpc) is 2.85. The first kappa shape index (κ1) is 12.2. The van der Waals surface area contributed by atoms with Gasteiger partial charge in [-0.3, -0.25) is 9.89 Å². The fourth-order valence-electron chi connectivity index (χ4n) is 2.06. The standard InChI is InChI=1S/C15H14N4O/c16-11-7-5-10(6-8-11)9-14(20)17-15-12-3-1-2-4-13(12)18-19-15/h1-8H,9,16H2,(H2,17,18,19,20). The van der Waals surface area contributed by atoms with Crippen LogP contribution in [0.4, 0.5) is 11.5 Å². The summed E-state index contributed by atoms with van der Waals surface area (Å²) in [6, 6.07) is 14.9. The number of H-pyrrole nitrogens is 1. The second kappa shape index (κ2) is 5.05. The molecule has 0 spiro atoms. The Morgan fingerprint density at radius 1 is 1.15 bits per heavy atom. The molecule has 2 aromatic carbocycles. The van der Waals surface area contributed by atoms with Gasteiger partial charge in [-0.25, -0.2) is 0 Å². The van der Waals surface area contributed by atoms with Crippen LogP contribution in [0.25, 0.3) is 10.9 Å². The summed E-state index contributed by atoms with van der Waals surface area (Å²) >= 11 is 0. The van der Waals surface area contributed by atoms with Crippen molar-refractivity contribution in [2.75, 3.05) is 11.1 Å². The molecule has 100 valence electrons. The van der Waals surface area contributed by atoms with E-state index in [4.69, 9.17) is 5.73 Å². The predicted molar refractivity (Wildman–Crippen MR) is 79.3 cm³/mol. The minimum absolute atomic E-state index is 0.105. The number of nitrogens with zero attached hydrogens (tertiary/aromatic N) is 1. The maximum absolute atomic E-state index is 12.0. The summed E-state index contributed by atoms with van der Waals surface area (Å²) in [5.41, 5.74) is 8.11. The molecule has 1 aromatic heterocycles. The van der Waals surface area contributed by atoms with Gasteiger partial charge in [-0.2, -0.15) is 5.10 Å². The summed E-state index contributed by atoms with van der Waals surface area (Å²) in [7, 11) is 0. The van der Waals surface area contributed by atoms with Crippen LogP contribution in [0.1, 0.15) is 5.56 Å². The average molecular weight is 266 g/mol. The van der Waals surface area contributed by atoms with Gasteiger partial charge in [-0.05, 0) is 29.8 Å². The van der Waals surface area contributed by atoms with Gasteiger partial charge in [0.1, 0.15) is 0 Å². The van der Waals surface area contributed by atoms with Crippen molar-refractivity contribution >= 4 is 28.3 Å². The SMILES string of the molecule is Nc1ccc(CC(=O)Nc2n[nH]c3ccccc23)cc1. The van der Waals surface area contributed by atoms with Crippen molar-refractivity contribution in [3.8, 4) is 0 Å². The van der Waals surface area contributed by atoms with E-state index in [0.29, 0.717) is 17.9 Å². The summed E-state index contributed by atoms with van der Waals surface area (Å²) in [4.78, 5) is 12.0. The van der Waals surface area contributed by atoms with Crippen LogP contribution in [0.5, 0.6) is 0 Å². The Morgan fingerprint density at radius 2 is 1.90 bits per heavy atom. The molecule has 20 heavy (non-hydrogen) atoms. The number of rotatable bonds is 3. The van der Waals surface area contributed by atoms with E-state index in [-0.39, 0.29) is 5.91 Å². The highest BCUT2D eigenvalue weighted by molar-refractivity contribution is 6.00. The molecular formula is C15H14N4O. The Balaban J connectivity index is 1.74. The molecule has 0 aliphatic rings. The van der Waals surface area contributed by atoms with E-state index in [0.717, 1.165) is 16.5 Å². The van der Waals surface area contributed by atoms with E-state index in [1.54, 1.807) is 12.1 Å². The van der Waals surface area contributed by atoms with Gasteiger partial charge in [0.15, 0.2) is 5.82 Å². The van der Waals surface area contributed by atoms with E-state index in [2.05, 4.69) is 15.5 Å². The predicted octanol–water partition coefficient (Wildman–Crippen LogP) is 2.33. The Bertz CT molecular complexity index is 746. The van der Waals surface area contributed by atoms with Crippen molar-refractivity contribution in [1.29, 1.82) is 0 Å². The molecule has 5 nitrogen and oxygen atoms in total. The van der Waals surface area contributed by atoms with Crippen LogP contribution >= 0.6 is 0 Å². The summed E-state index contributed by atoms with van der Waals surface area (Å²) in [5, 5.41) is 10.7. The number of hydrogen-bond acceptors (Lipinski definition) is 3. The van der Waals surface area contributed by atoms with E-state index >= 15 is 0 Å². The first-order valence-electron chi connectivity index (χ1n) is 6.30. The quantitative estimate of drug-likeness (QED) is 0.636. The molecule has 3 rings (SSSR count). The topological polar surface area (TPSA) is 83.8 Å². The van der Waals surface area contributed by atoms with Crippen LogP contribution in [0.2, 0.25) is 0 Å². The minimum atomic E-state index is -0.105. The third kappa shape index (κ3) is 2.47. The first-order chi connectivity index (χ1) is 9.72. The maximum Gasteiger partial charge on any atom is 0.230 e. The van der Waals surface area contributed by atoms with Gasteiger partial charge in [0.2, 0.25) is 5.91 Å². The molecule has 1 amide bonds. The number of nitrogen functional groups attached to an aromatic ring is 1. The summed E-state index contributed by atoms with van der Waals surface area (Å²) < 4.78 is 0. The number of para-hydroxylation sites is 1. The van der Waals surface area contributed by atoms with Crippen LogP contribution in [-0.2, 0) is 11.2 Å². The molecule has 3 aromatic rings. The number of aromatic nitrogens is 2. The fourth-order valence-corrected chi connectivity index (χ4v) is 2.06. The number of hydrogen-bond donors (Lipinski definition) is 3. The van der Waals surface area contributed by atoms with Crippen molar-refractivity contribution in [2.45, 2.75) is 6.42 Å². The summed E-state index contributed by atoms with van der Waals surface area (Å²) in [6.45, 7) is 0. The Labute approximate surface area is 115 Å². The van der Waals surface area contributed by atoms with Crippen molar-refractivity contribution in [3.63, 3.8) is 0 Å². The van der Waals surface area contributed by atoms with Gasteiger partial charge in [0, 0.05) is 11.1 Å². The number of nitrogens with two attached hydrogens (primary N) is 1. The summed E-state index contributed by atoms with van der Waals surface area (Å²) in [5.74, 6) is 0.452. The first-order valence-corrected chi connectivity index (χ1v) is 6.30. The molecule has 0 aliphatic heterocycles. The van der Waals surface area contributed by atoms with Crippen molar-refractivity contribution in [3.05, 3.63) is 54.1 Å². The van der Waals surface area contributed by atoms with Gasteiger partial charge in [-0.15, -0.1) is 0 Å². The number of amides is 1. The lowest BCUT2D eigenvalue weighted by atomic mass is 10.1. The van der Waals surface area contributed by atoms with Crippen LogP contribution in [0, 0.1) is 0 Å². The minimum Gasteiger partial charge on any atom is -0.399 e. The number of carbonyl (C=O) groups excluding carboxylic acids is 1. The molecule has 0 unspecified atom stereocenters. The zero-order valence-electron chi connectivity index (χ0n) is 10.8. The van der Waals surface area contributed by atoms with Crippen LogP contribution in [0.3, 0.4) is 0 Å². The monoisotopic (exact) mass is 266 g/mol. The largest absolute Gasteiger partial charge is 0.399 e. The molecular weight excluding hydrogens is 252 g/mol. The van der Waals surface area contributed by atoms with E-state index < -0.39 is 0 Å². The number of fused-ring (bicyclic) bond motifs is 1. The highest BCUT2D eigenvalue weighted by Gasteiger charge is 2.09. The zero-order valence-corrected chi connectivity index (χ0v) is 10.8. The second-order valence-corrected chi connectivity index (χ2v) is 4.58. The number of carbonyl (C=O) groups is 1. The fraction of sp³-hybridized carbons (Fsp3) is 0.0667. The molecule has 0 bridgehead atoms. The maximum atomic E-state index is 12.0. The Hall–Kier alpha value is -2.82. The van der Waals surface area contributed by atoms with E-state index in [1.807, 2.05) is 36.4 Å². The number of anilines is 2. The highest BCUT2D eigenvalue weighted by atomic mass is 16.1. The number of nitrogens with one attached hydrogen (secondary N) is 2. The number of aromatic amines is 1.